The van der Waals surface area contributed by atoms with Gasteiger partial charge in [-0.15, -0.1) is 0 Å². The average Bonchev–Trinajstić information content (AvgIpc) is 2.66. The molecule has 0 aromatic heterocycles. The lowest BCUT2D eigenvalue weighted by atomic mass is 9.68. The molecule has 26 heavy (non-hydrogen) atoms. The van der Waals surface area contributed by atoms with E-state index in [0.29, 0.717) is 17.6 Å². The Morgan fingerprint density at radius 1 is 0.962 bits per heavy atom. The fourth-order valence-corrected chi connectivity index (χ4v) is 3.83. The second kappa shape index (κ2) is 5.85. The molecule has 4 nitrogen and oxygen atoms in total. The van der Waals surface area contributed by atoms with Crippen LogP contribution in [0.4, 0.5) is 0 Å². The zero-order valence-electron chi connectivity index (χ0n) is 13.8. The van der Waals surface area contributed by atoms with Crippen molar-refractivity contribution in [2.45, 2.75) is 6.42 Å². The van der Waals surface area contributed by atoms with Crippen molar-refractivity contribution < 1.29 is 19.8 Å². The van der Waals surface area contributed by atoms with Gasteiger partial charge >= 0.3 is 11.9 Å². The highest BCUT2D eigenvalue weighted by Gasteiger charge is 2.51. The Kier molecular flexibility index (Phi) is 3.62. The van der Waals surface area contributed by atoms with Crippen LogP contribution in [0.5, 0.6) is 0 Å². The topological polar surface area (TPSA) is 74.6 Å². The second-order valence-corrected chi connectivity index (χ2v) is 6.39. The molecule has 0 radical (unpaired) electrons. The Labute approximate surface area is 150 Å². The van der Waals surface area contributed by atoms with Crippen LogP contribution in [0.25, 0.3) is 16.3 Å². The Balaban J connectivity index is 2.09. The van der Waals surface area contributed by atoms with E-state index in [-0.39, 0.29) is 0 Å². The van der Waals surface area contributed by atoms with E-state index >= 15 is 0 Å². The van der Waals surface area contributed by atoms with E-state index < -0.39 is 17.4 Å². The van der Waals surface area contributed by atoms with Crippen molar-refractivity contribution >= 4 is 28.3 Å². The normalized spacial score (nSPS) is 17.8. The van der Waals surface area contributed by atoms with Gasteiger partial charge in [0.2, 0.25) is 5.41 Å². The Morgan fingerprint density at radius 3 is 2.46 bits per heavy atom. The van der Waals surface area contributed by atoms with Crippen LogP contribution in [0.15, 0.2) is 84.0 Å². The number of hydrogen-bond donors (Lipinski definition) is 2. The van der Waals surface area contributed by atoms with Crippen LogP contribution < -0.4 is 0 Å². The fourth-order valence-electron chi connectivity index (χ4n) is 3.83. The van der Waals surface area contributed by atoms with Crippen LogP contribution in [-0.4, -0.2) is 22.2 Å². The number of fused-ring (bicyclic) bond motifs is 2. The molecule has 2 aliphatic carbocycles. The van der Waals surface area contributed by atoms with Gasteiger partial charge in [0.05, 0.1) is 0 Å². The monoisotopic (exact) mass is 344 g/mol. The van der Waals surface area contributed by atoms with Crippen LogP contribution in [0.2, 0.25) is 0 Å². The van der Waals surface area contributed by atoms with Crippen molar-refractivity contribution in [3.63, 3.8) is 0 Å². The van der Waals surface area contributed by atoms with Crippen molar-refractivity contribution in [3.05, 3.63) is 89.6 Å². The first-order valence-corrected chi connectivity index (χ1v) is 8.30. The predicted octanol–water partition coefficient (Wildman–Crippen LogP) is 4.21. The largest absolute Gasteiger partial charge is 0.480 e. The lowest BCUT2D eigenvalue weighted by Crippen LogP contribution is -2.41. The zero-order chi connectivity index (χ0) is 18.3. The van der Waals surface area contributed by atoms with Gasteiger partial charge in [-0.05, 0) is 39.5 Å². The smallest absolute Gasteiger partial charge is 0.329 e. The summed E-state index contributed by atoms with van der Waals surface area (Å²) in [5.74, 6) is -2.76. The maximum Gasteiger partial charge on any atom is 0.329 e. The molecule has 4 rings (SSSR count). The number of benzene rings is 2. The molecule has 0 saturated carbocycles. The first-order chi connectivity index (χ1) is 12.6. The van der Waals surface area contributed by atoms with E-state index in [1.165, 1.54) is 12.2 Å². The highest BCUT2D eigenvalue weighted by molar-refractivity contribution is 6.10. The zero-order valence-corrected chi connectivity index (χ0v) is 13.8. The van der Waals surface area contributed by atoms with Crippen LogP contribution in [-0.2, 0) is 9.59 Å². The molecular formula is C22H16O4. The first-order valence-electron chi connectivity index (χ1n) is 8.30. The lowest BCUT2D eigenvalue weighted by molar-refractivity contribution is -0.157. The molecule has 0 aliphatic heterocycles. The number of aliphatic carboxylic acids is 2. The minimum Gasteiger partial charge on any atom is -0.480 e. The van der Waals surface area contributed by atoms with Gasteiger partial charge in [0.25, 0.3) is 0 Å². The summed E-state index contributed by atoms with van der Waals surface area (Å²) in [6.45, 7) is 0. The van der Waals surface area contributed by atoms with Gasteiger partial charge in [0.1, 0.15) is 0 Å². The quantitative estimate of drug-likeness (QED) is 0.818. The van der Waals surface area contributed by atoms with Crippen LogP contribution in [0.3, 0.4) is 0 Å². The molecule has 2 aromatic carbocycles. The van der Waals surface area contributed by atoms with Crippen molar-refractivity contribution in [2.75, 3.05) is 0 Å². The first kappa shape index (κ1) is 16.1. The summed E-state index contributed by atoms with van der Waals surface area (Å²) in [7, 11) is 0. The highest BCUT2D eigenvalue weighted by atomic mass is 16.4. The number of carboxylic acid groups (broad SMARTS) is 2. The third-order valence-corrected chi connectivity index (χ3v) is 5.02. The number of hydrogen-bond acceptors (Lipinski definition) is 2. The van der Waals surface area contributed by atoms with Crippen molar-refractivity contribution in [3.8, 4) is 0 Å². The fraction of sp³-hybridized carbons (Fsp3) is 0.0909. The SMILES string of the molecule is O=C(O)C1(C(=O)O)C=CC=C2C=CCC(c3cccc4ccccc34)=C21. The highest BCUT2D eigenvalue weighted by Crippen LogP contribution is 2.47. The van der Waals surface area contributed by atoms with E-state index in [0.717, 1.165) is 21.9 Å². The Morgan fingerprint density at radius 2 is 1.69 bits per heavy atom. The van der Waals surface area contributed by atoms with Crippen LogP contribution in [0.1, 0.15) is 12.0 Å². The van der Waals surface area contributed by atoms with Crippen molar-refractivity contribution in [2.24, 2.45) is 5.41 Å². The lowest BCUT2D eigenvalue weighted by Gasteiger charge is -2.32. The minimum atomic E-state index is -2.08. The third kappa shape index (κ3) is 2.15. The number of allylic oxidation sites excluding steroid dienone is 6. The molecule has 0 amide bonds. The van der Waals surface area contributed by atoms with Crippen molar-refractivity contribution in [1.29, 1.82) is 0 Å². The third-order valence-electron chi connectivity index (χ3n) is 5.02. The molecule has 4 heteroatoms. The molecule has 0 atom stereocenters. The molecule has 0 unspecified atom stereocenters. The molecule has 128 valence electrons. The molecule has 2 N–H and O–H groups in total. The van der Waals surface area contributed by atoms with E-state index in [1.54, 1.807) is 12.2 Å². The molecular weight excluding hydrogens is 328 g/mol. The molecule has 0 fully saturated rings. The van der Waals surface area contributed by atoms with Crippen molar-refractivity contribution in [1.82, 2.24) is 0 Å². The second-order valence-electron chi connectivity index (χ2n) is 6.39. The summed E-state index contributed by atoms with van der Waals surface area (Å²) in [4.78, 5) is 24.2. The summed E-state index contributed by atoms with van der Waals surface area (Å²) >= 11 is 0. The predicted molar refractivity (Wildman–Crippen MR) is 99.6 cm³/mol. The summed E-state index contributed by atoms with van der Waals surface area (Å²) in [6.07, 6.45) is 8.77. The number of rotatable bonds is 3. The molecule has 0 spiro atoms. The molecule has 0 saturated heterocycles. The van der Waals surface area contributed by atoms with Gasteiger partial charge in [-0.3, -0.25) is 9.59 Å². The standard InChI is InChI=1S/C22H16O4/c23-20(24)22(21(25)26)13-5-9-15-8-4-12-18(19(15)22)17-11-3-7-14-6-1-2-10-16(14)17/h1-11,13H,12H2,(H,23,24)(H,25,26). The van der Waals surface area contributed by atoms with Gasteiger partial charge in [-0.2, -0.15) is 0 Å². The summed E-state index contributed by atoms with van der Waals surface area (Å²) in [6, 6.07) is 13.7. The molecule has 2 aliphatic rings. The van der Waals surface area contributed by atoms with Gasteiger partial charge in [0, 0.05) is 0 Å². The number of carbonyl (C=O) groups is 2. The summed E-state index contributed by atoms with van der Waals surface area (Å²) < 4.78 is 0. The summed E-state index contributed by atoms with van der Waals surface area (Å²) in [5.41, 5.74) is 0.506. The van der Waals surface area contributed by atoms with Gasteiger partial charge in [0.15, 0.2) is 0 Å². The van der Waals surface area contributed by atoms with Gasteiger partial charge < -0.3 is 10.2 Å². The van der Waals surface area contributed by atoms with Gasteiger partial charge in [-0.25, -0.2) is 0 Å². The Hall–Kier alpha value is -3.40. The molecule has 0 heterocycles. The maximum atomic E-state index is 12.1. The van der Waals surface area contributed by atoms with E-state index in [4.69, 9.17) is 0 Å². The van der Waals surface area contributed by atoms with E-state index in [2.05, 4.69) is 0 Å². The minimum absolute atomic E-state index is 0.346. The van der Waals surface area contributed by atoms with E-state index in [9.17, 15) is 19.8 Å². The van der Waals surface area contributed by atoms with Gasteiger partial charge in [-0.1, -0.05) is 72.8 Å². The van der Waals surface area contributed by atoms with E-state index in [1.807, 2.05) is 48.5 Å². The van der Waals surface area contributed by atoms with Crippen LogP contribution in [0, 0.1) is 5.41 Å². The maximum absolute atomic E-state index is 12.1. The Bertz CT molecular complexity index is 1050. The number of carboxylic acids is 2. The van der Waals surface area contributed by atoms with Crippen LogP contribution >= 0.6 is 0 Å². The average molecular weight is 344 g/mol. The summed E-state index contributed by atoms with van der Waals surface area (Å²) in [5, 5.41) is 21.7. The molecule has 2 aromatic rings. The molecule has 0 bridgehead atoms.